The number of aromatic nitrogens is 1. The van der Waals surface area contributed by atoms with Crippen molar-refractivity contribution in [2.24, 2.45) is 4.99 Å². The largest absolute Gasteiger partial charge is 0.506 e. The van der Waals surface area contributed by atoms with Gasteiger partial charge in [-0.15, -0.1) is 11.8 Å². The van der Waals surface area contributed by atoms with E-state index in [4.69, 9.17) is 9.84 Å². The molecular formula is C11H12N2O4S. The molecule has 0 bridgehead atoms. The molecule has 1 aromatic rings. The molecule has 1 aromatic heterocycles. The standard InChI is InChI=1S/C11H12N2O4S/c1-2-17-11(16)7-5-18-10(13-7)9-8(15)3-6(14)4-12-9/h3-4,7,14-15H,2,5H2,1H3/t7-/m1/s1. The first-order valence-corrected chi connectivity index (χ1v) is 6.36. The highest BCUT2D eigenvalue weighted by atomic mass is 32.2. The van der Waals surface area contributed by atoms with E-state index < -0.39 is 6.04 Å². The van der Waals surface area contributed by atoms with Gasteiger partial charge in [0.1, 0.15) is 22.2 Å². The van der Waals surface area contributed by atoms with Gasteiger partial charge in [0.05, 0.1) is 12.8 Å². The molecule has 1 aliphatic heterocycles. The topological polar surface area (TPSA) is 92.0 Å². The van der Waals surface area contributed by atoms with Crippen LogP contribution in [0.25, 0.3) is 0 Å². The van der Waals surface area contributed by atoms with Gasteiger partial charge in [0.25, 0.3) is 0 Å². The molecule has 0 aromatic carbocycles. The smallest absolute Gasteiger partial charge is 0.331 e. The van der Waals surface area contributed by atoms with E-state index in [1.807, 2.05) is 0 Å². The van der Waals surface area contributed by atoms with Crippen molar-refractivity contribution >= 4 is 22.8 Å². The summed E-state index contributed by atoms with van der Waals surface area (Å²) in [5.74, 6) is -0.193. The van der Waals surface area contributed by atoms with E-state index in [9.17, 15) is 9.90 Å². The molecule has 7 heteroatoms. The molecule has 2 rings (SSSR count). The molecule has 1 atom stereocenters. The molecule has 6 nitrogen and oxygen atoms in total. The van der Waals surface area contributed by atoms with Crippen molar-refractivity contribution in [3.63, 3.8) is 0 Å². The van der Waals surface area contributed by atoms with Gasteiger partial charge in [0.15, 0.2) is 6.04 Å². The monoisotopic (exact) mass is 268 g/mol. The van der Waals surface area contributed by atoms with E-state index >= 15 is 0 Å². The van der Waals surface area contributed by atoms with Gasteiger partial charge in [-0.3, -0.25) is 4.99 Å². The van der Waals surface area contributed by atoms with Crippen LogP contribution in [0.2, 0.25) is 0 Å². The lowest BCUT2D eigenvalue weighted by molar-refractivity contribution is -0.143. The lowest BCUT2D eigenvalue weighted by Gasteiger charge is -2.04. The summed E-state index contributed by atoms with van der Waals surface area (Å²) in [6.45, 7) is 2.05. The Labute approximate surface area is 108 Å². The van der Waals surface area contributed by atoms with Crippen molar-refractivity contribution in [1.82, 2.24) is 4.98 Å². The van der Waals surface area contributed by atoms with Gasteiger partial charge in [0.2, 0.25) is 0 Å². The summed E-state index contributed by atoms with van der Waals surface area (Å²) in [5.41, 5.74) is 0.268. The second kappa shape index (κ2) is 5.26. The maximum absolute atomic E-state index is 11.5. The number of hydrogen-bond acceptors (Lipinski definition) is 7. The summed E-state index contributed by atoms with van der Waals surface area (Å²) in [4.78, 5) is 19.6. The molecule has 0 radical (unpaired) electrons. The zero-order chi connectivity index (χ0) is 13.1. The Hall–Kier alpha value is -1.76. The predicted molar refractivity (Wildman–Crippen MR) is 67.0 cm³/mol. The van der Waals surface area contributed by atoms with Gasteiger partial charge in [-0.05, 0) is 6.92 Å². The molecule has 0 saturated carbocycles. The SMILES string of the molecule is CCOC(=O)[C@H]1CSC(c2ncc(O)cc2O)=N1. The molecular weight excluding hydrogens is 256 g/mol. The zero-order valence-electron chi connectivity index (χ0n) is 9.66. The number of pyridine rings is 1. The molecule has 1 aliphatic rings. The maximum Gasteiger partial charge on any atom is 0.331 e. The summed E-state index contributed by atoms with van der Waals surface area (Å²) in [6.07, 6.45) is 1.22. The fourth-order valence-electron chi connectivity index (χ4n) is 1.47. The van der Waals surface area contributed by atoms with Gasteiger partial charge in [-0.2, -0.15) is 0 Å². The van der Waals surface area contributed by atoms with E-state index in [1.54, 1.807) is 6.92 Å². The fourth-order valence-corrected chi connectivity index (χ4v) is 2.49. The number of carbonyl (C=O) groups excluding carboxylic acids is 1. The highest BCUT2D eigenvalue weighted by Gasteiger charge is 2.28. The highest BCUT2D eigenvalue weighted by molar-refractivity contribution is 8.14. The lowest BCUT2D eigenvalue weighted by Crippen LogP contribution is -2.21. The Bertz CT molecular complexity index is 504. The number of aliphatic imine (C=N–C) groups is 1. The summed E-state index contributed by atoms with van der Waals surface area (Å²) in [6, 6.07) is 0.628. The van der Waals surface area contributed by atoms with Gasteiger partial charge in [-0.1, -0.05) is 0 Å². The molecule has 18 heavy (non-hydrogen) atoms. The predicted octanol–water partition coefficient (Wildman–Crippen LogP) is 0.918. The minimum Gasteiger partial charge on any atom is -0.506 e. The average molecular weight is 268 g/mol. The number of aromatic hydroxyl groups is 2. The van der Waals surface area contributed by atoms with Crippen LogP contribution in [0.5, 0.6) is 11.5 Å². The minimum absolute atomic E-state index is 0.123. The molecule has 0 spiro atoms. The first-order valence-electron chi connectivity index (χ1n) is 5.37. The maximum atomic E-state index is 11.5. The number of esters is 1. The van der Waals surface area contributed by atoms with Gasteiger partial charge >= 0.3 is 5.97 Å². The fraction of sp³-hybridized carbons (Fsp3) is 0.364. The van der Waals surface area contributed by atoms with Crippen molar-refractivity contribution in [2.75, 3.05) is 12.4 Å². The van der Waals surface area contributed by atoms with Crippen LogP contribution >= 0.6 is 11.8 Å². The van der Waals surface area contributed by atoms with Crippen LogP contribution in [0.15, 0.2) is 17.3 Å². The second-order valence-electron chi connectivity index (χ2n) is 3.57. The van der Waals surface area contributed by atoms with Gasteiger partial charge < -0.3 is 14.9 Å². The van der Waals surface area contributed by atoms with Crippen molar-refractivity contribution in [3.8, 4) is 11.5 Å². The Morgan fingerprint density at radius 1 is 1.61 bits per heavy atom. The number of carbonyl (C=O) groups is 1. The third-order valence-electron chi connectivity index (χ3n) is 2.27. The highest BCUT2D eigenvalue weighted by Crippen LogP contribution is 2.29. The van der Waals surface area contributed by atoms with Gasteiger partial charge in [-0.25, -0.2) is 9.78 Å². The van der Waals surface area contributed by atoms with E-state index in [2.05, 4.69) is 9.98 Å². The number of thioether (sulfide) groups is 1. The molecule has 2 N–H and O–H groups in total. The number of ether oxygens (including phenoxy) is 1. The van der Waals surface area contributed by atoms with Gasteiger partial charge in [0, 0.05) is 11.8 Å². The van der Waals surface area contributed by atoms with Crippen LogP contribution in [0.4, 0.5) is 0 Å². The lowest BCUT2D eigenvalue weighted by atomic mass is 10.3. The molecule has 96 valence electrons. The van der Waals surface area contributed by atoms with Crippen LogP contribution < -0.4 is 0 Å². The van der Waals surface area contributed by atoms with E-state index in [0.29, 0.717) is 17.4 Å². The zero-order valence-corrected chi connectivity index (χ0v) is 10.5. The van der Waals surface area contributed by atoms with Crippen LogP contribution in [0.3, 0.4) is 0 Å². The first kappa shape index (κ1) is 12.7. The van der Waals surface area contributed by atoms with Crippen LogP contribution in [0, 0.1) is 0 Å². The molecule has 0 fully saturated rings. The molecule has 2 heterocycles. The van der Waals surface area contributed by atoms with Crippen LogP contribution in [-0.2, 0) is 9.53 Å². The van der Waals surface area contributed by atoms with Crippen LogP contribution in [0.1, 0.15) is 12.6 Å². The Morgan fingerprint density at radius 2 is 2.39 bits per heavy atom. The van der Waals surface area contributed by atoms with Crippen molar-refractivity contribution in [1.29, 1.82) is 0 Å². The molecule has 0 aliphatic carbocycles. The summed E-state index contributed by atoms with van der Waals surface area (Å²) < 4.78 is 4.88. The summed E-state index contributed by atoms with van der Waals surface area (Å²) >= 11 is 1.32. The number of rotatable bonds is 3. The first-order chi connectivity index (χ1) is 8.61. The Balaban J connectivity index is 2.20. The van der Waals surface area contributed by atoms with E-state index in [-0.39, 0.29) is 23.2 Å². The van der Waals surface area contributed by atoms with Crippen molar-refractivity contribution < 1.29 is 19.7 Å². The Morgan fingerprint density at radius 3 is 3.06 bits per heavy atom. The van der Waals surface area contributed by atoms with E-state index in [1.165, 1.54) is 24.0 Å². The number of hydrogen-bond donors (Lipinski definition) is 2. The second-order valence-corrected chi connectivity index (χ2v) is 4.58. The molecule has 0 amide bonds. The van der Waals surface area contributed by atoms with Crippen LogP contribution in [-0.4, -0.2) is 44.6 Å². The minimum atomic E-state index is -0.556. The normalized spacial score (nSPS) is 18.5. The van der Waals surface area contributed by atoms with E-state index in [0.717, 1.165) is 0 Å². The Kier molecular flexibility index (Phi) is 3.71. The third kappa shape index (κ3) is 2.56. The summed E-state index contributed by atoms with van der Waals surface area (Å²) in [7, 11) is 0. The summed E-state index contributed by atoms with van der Waals surface area (Å²) in [5, 5.41) is 19.3. The molecule has 0 saturated heterocycles. The average Bonchev–Trinajstić information content (AvgIpc) is 2.78. The quantitative estimate of drug-likeness (QED) is 0.792. The number of nitrogens with zero attached hydrogens (tertiary/aromatic N) is 2. The third-order valence-corrected chi connectivity index (χ3v) is 3.32. The van der Waals surface area contributed by atoms with Crippen molar-refractivity contribution in [2.45, 2.75) is 13.0 Å². The molecule has 0 unspecified atom stereocenters. The van der Waals surface area contributed by atoms with Crippen molar-refractivity contribution in [3.05, 3.63) is 18.0 Å².